The first-order chi connectivity index (χ1) is 7.78. The van der Waals surface area contributed by atoms with Gasteiger partial charge < -0.3 is 10.4 Å². The molecule has 0 aliphatic carbocycles. The van der Waals surface area contributed by atoms with Crippen LogP contribution in [0, 0.1) is 5.92 Å². The highest BCUT2D eigenvalue weighted by molar-refractivity contribution is 7.92. The van der Waals surface area contributed by atoms with Crippen molar-refractivity contribution in [2.75, 3.05) is 18.1 Å². The summed E-state index contributed by atoms with van der Waals surface area (Å²) >= 11 is 0. The van der Waals surface area contributed by atoms with Gasteiger partial charge >= 0.3 is 5.97 Å². The molecule has 0 radical (unpaired) electrons. The second kappa shape index (κ2) is 7.26. The van der Waals surface area contributed by atoms with Gasteiger partial charge in [-0.3, -0.25) is 9.59 Å². The zero-order valence-electron chi connectivity index (χ0n) is 10.1. The Hall–Kier alpha value is -1.11. The Balaban J connectivity index is 4.17. The van der Waals surface area contributed by atoms with Crippen molar-refractivity contribution < 1.29 is 23.1 Å². The van der Waals surface area contributed by atoms with E-state index < -0.39 is 39.1 Å². The van der Waals surface area contributed by atoms with E-state index in [1.54, 1.807) is 0 Å². The third-order valence-electron chi connectivity index (χ3n) is 2.13. The lowest BCUT2D eigenvalue weighted by Gasteiger charge is -2.08. The maximum Gasteiger partial charge on any atom is 0.307 e. The molecule has 0 aromatic rings. The number of carbonyl (C=O) groups excluding carboxylic acids is 1. The van der Waals surface area contributed by atoms with E-state index in [4.69, 9.17) is 5.11 Å². The molecule has 0 saturated carbocycles. The Morgan fingerprint density at radius 1 is 1.35 bits per heavy atom. The molecule has 0 fully saturated rings. The maximum atomic E-state index is 11.5. The van der Waals surface area contributed by atoms with E-state index in [-0.39, 0.29) is 0 Å². The van der Waals surface area contributed by atoms with Gasteiger partial charge in [-0.15, -0.1) is 0 Å². The highest BCUT2D eigenvalue weighted by Crippen LogP contribution is 2.02. The van der Waals surface area contributed by atoms with Gasteiger partial charge in [0.15, 0.2) is 9.84 Å². The van der Waals surface area contributed by atoms with Crippen LogP contribution in [-0.2, 0) is 19.4 Å². The van der Waals surface area contributed by atoms with Crippen molar-refractivity contribution in [3.63, 3.8) is 0 Å². The fraction of sp³-hybridized carbons (Fsp3) is 0.800. The standard InChI is InChI=1S/C10H19NO5S/c1-3-4-5-11-9(12)7-17(15,16)6-8(2)10(13)14/h8H,3-7H2,1-2H3,(H,11,12)(H,13,14). The van der Waals surface area contributed by atoms with Gasteiger partial charge in [0.2, 0.25) is 5.91 Å². The SMILES string of the molecule is CCCCNC(=O)CS(=O)(=O)CC(C)C(=O)O. The molecule has 0 rings (SSSR count). The summed E-state index contributed by atoms with van der Waals surface area (Å²) in [6.07, 6.45) is 1.69. The molecule has 100 valence electrons. The van der Waals surface area contributed by atoms with E-state index in [0.29, 0.717) is 6.54 Å². The maximum absolute atomic E-state index is 11.5. The molecule has 2 N–H and O–H groups in total. The highest BCUT2D eigenvalue weighted by atomic mass is 32.2. The number of sulfone groups is 1. The van der Waals surface area contributed by atoms with Crippen LogP contribution in [0.25, 0.3) is 0 Å². The number of nitrogens with one attached hydrogen (secondary N) is 1. The summed E-state index contributed by atoms with van der Waals surface area (Å²) in [4.78, 5) is 21.8. The molecule has 0 aromatic heterocycles. The molecule has 7 heteroatoms. The molecule has 0 aromatic carbocycles. The van der Waals surface area contributed by atoms with E-state index in [0.717, 1.165) is 12.8 Å². The summed E-state index contributed by atoms with van der Waals surface area (Å²) in [5, 5.41) is 11.1. The number of aliphatic carboxylic acids is 1. The fourth-order valence-electron chi connectivity index (χ4n) is 1.17. The Kier molecular flexibility index (Phi) is 6.79. The number of carboxylic acids is 1. The summed E-state index contributed by atoms with van der Waals surface area (Å²) in [6.45, 7) is 3.70. The number of carboxylic acid groups (broad SMARTS) is 1. The van der Waals surface area contributed by atoms with Gasteiger partial charge in [0.1, 0.15) is 5.75 Å². The molecule has 1 unspecified atom stereocenters. The third-order valence-corrected chi connectivity index (χ3v) is 3.84. The summed E-state index contributed by atoms with van der Waals surface area (Å²) < 4.78 is 22.9. The number of amides is 1. The molecule has 1 atom stereocenters. The van der Waals surface area contributed by atoms with Gasteiger partial charge in [-0.05, 0) is 6.42 Å². The van der Waals surface area contributed by atoms with Crippen molar-refractivity contribution in [1.82, 2.24) is 5.32 Å². The van der Waals surface area contributed by atoms with Crippen molar-refractivity contribution >= 4 is 21.7 Å². The van der Waals surface area contributed by atoms with E-state index in [1.807, 2.05) is 6.92 Å². The number of hydrogen-bond acceptors (Lipinski definition) is 4. The molecule has 0 bridgehead atoms. The van der Waals surface area contributed by atoms with Crippen LogP contribution in [0.4, 0.5) is 0 Å². The molecular weight excluding hydrogens is 246 g/mol. The minimum atomic E-state index is -3.66. The summed E-state index contributed by atoms with van der Waals surface area (Å²) in [5.41, 5.74) is 0. The lowest BCUT2D eigenvalue weighted by molar-refractivity contribution is -0.140. The van der Waals surface area contributed by atoms with Gasteiger partial charge in [-0.25, -0.2) is 8.42 Å². The molecule has 17 heavy (non-hydrogen) atoms. The van der Waals surface area contributed by atoms with Crippen LogP contribution in [0.5, 0.6) is 0 Å². The van der Waals surface area contributed by atoms with E-state index in [9.17, 15) is 18.0 Å². The molecule has 6 nitrogen and oxygen atoms in total. The Labute approximate surface area is 101 Å². The molecule has 0 aliphatic heterocycles. The summed E-state index contributed by atoms with van der Waals surface area (Å²) in [7, 11) is -3.66. The van der Waals surface area contributed by atoms with Crippen molar-refractivity contribution in [3.8, 4) is 0 Å². The molecule has 0 spiro atoms. The van der Waals surface area contributed by atoms with Crippen molar-refractivity contribution in [2.24, 2.45) is 5.92 Å². The largest absolute Gasteiger partial charge is 0.481 e. The van der Waals surface area contributed by atoms with Gasteiger partial charge in [0, 0.05) is 6.54 Å². The lowest BCUT2D eigenvalue weighted by atomic mass is 10.2. The highest BCUT2D eigenvalue weighted by Gasteiger charge is 2.23. The predicted molar refractivity (Wildman–Crippen MR) is 63.4 cm³/mol. The number of unbranched alkanes of at least 4 members (excludes halogenated alkanes) is 1. The quantitative estimate of drug-likeness (QED) is 0.603. The second-order valence-electron chi connectivity index (χ2n) is 4.00. The number of rotatable bonds is 8. The normalized spacial score (nSPS) is 13.1. The zero-order chi connectivity index (χ0) is 13.5. The summed E-state index contributed by atoms with van der Waals surface area (Å²) in [6, 6.07) is 0. The molecule has 0 heterocycles. The lowest BCUT2D eigenvalue weighted by Crippen LogP contribution is -2.33. The molecule has 1 amide bonds. The van der Waals surface area contributed by atoms with Crippen molar-refractivity contribution in [1.29, 1.82) is 0 Å². The van der Waals surface area contributed by atoms with Crippen LogP contribution < -0.4 is 5.32 Å². The van der Waals surface area contributed by atoms with Gasteiger partial charge in [0.25, 0.3) is 0 Å². The first-order valence-corrected chi connectivity index (χ1v) is 7.30. The van der Waals surface area contributed by atoms with Crippen LogP contribution in [0.1, 0.15) is 26.7 Å². The van der Waals surface area contributed by atoms with E-state index in [1.165, 1.54) is 6.92 Å². The van der Waals surface area contributed by atoms with Crippen molar-refractivity contribution in [2.45, 2.75) is 26.7 Å². The first kappa shape index (κ1) is 15.9. The Morgan fingerprint density at radius 2 is 1.94 bits per heavy atom. The minimum absolute atomic E-state index is 0.444. The fourth-order valence-corrected chi connectivity index (χ4v) is 2.69. The van der Waals surface area contributed by atoms with Crippen LogP contribution >= 0.6 is 0 Å². The van der Waals surface area contributed by atoms with Crippen molar-refractivity contribution in [3.05, 3.63) is 0 Å². The molecule has 0 aliphatic rings. The number of hydrogen-bond donors (Lipinski definition) is 2. The molecular formula is C10H19NO5S. The van der Waals surface area contributed by atoms with E-state index in [2.05, 4.69) is 5.32 Å². The van der Waals surface area contributed by atoms with Crippen LogP contribution in [0.3, 0.4) is 0 Å². The van der Waals surface area contributed by atoms with Gasteiger partial charge in [-0.1, -0.05) is 20.3 Å². The Bertz CT molecular complexity index is 363. The predicted octanol–water partition coefficient (Wildman–Crippen LogP) is 0.0382. The van der Waals surface area contributed by atoms with Gasteiger partial charge in [0.05, 0.1) is 11.7 Å². The first-order valence-electron chi connectivity index (χ1n) is 5.48. The molecule has 0 saturated heterocycles. The third kappa shape index (κ3) is 7.73. The zero-order valence-corrected chi connectivity index (χ0v) is 10.9. The number of carbonyl (C=O) groups is 2. The Morgan fingerprint density at radius 3 is 2.41 bits per heavy atom. The smallest absolute Gasteiger partial charge is 0.307 e. The van der Waals surface area contributed by atoms with Crippen LogP contribution in [-0.4, -0.2) is 43.5 Å². The van der Waals surface area contributed by atoms with E-state index >= 15 is 0 Å². The average Bonchev–Trinajstić information content (AvgIpc) is 2.16. The van der Waals surface area contributed by atoms with Gasteiger partial charge in [-0.2, -0.15) is 0 Å². The second-order valence-corrected chi connectivity index (χ2v) is 6.11. The topological polar surface area (TPSA) is 101 Å². The average molecular weight is 265 g/mol. The minimum Gasteiger partial charge on any atom is -0.481 e. The monoisotopic (exact) mass is 265 g/mol. The summed E-state index contributed by atoms with van der Waals surface area (Å²) in [5.74, 6) is -3.91. The van der Waals surface area contributed by atoms with Crippen LogP contribution in [0.15, 0.2) is 0 Å². The van der Waals surface area contributed by atoms with Crippen LogP contribution in [0.2, 0.25) is 0 Å².